The van der Waals surface area contributed by atoms with Crippen molar-refractivity contribution in [1.29, 1.82) is 0 Å². The van der Waals surface area contributed by atoms with Gasteiger partial charge in [0, 0.05) is 43.4 Å². The van der Waals surface area contributed by atoms with Crippen LogP contribution in [0.2, 0.25) is 0 Å². The number of carbonyl (C=O) groups is 3. The number of aliphatic hydroxyl groups excluding tert-OH is 2. The molecule has 4 atom stereocenters. The van der Waals surface area contributed by atoms with E-state index in [0.29, 0.717) is 19.5 Å². The van der Waals surface area contributed by atoms with Crippen molar-refractivity contribution in [2.45, 2.75) is 37.3 Å². The molecule has 1 amide bonds. The van der Waals surface area contributed by atoms with Crippen molar-refractivity contribution < 1.29 is 34.8 Å². The number of aromatic hydroxyl groups is 1. The monoisotopic (exact) mass is 481 g/mol. The zero-order chi connectivity index (χ0) is 24.8. The largest absolute Gasteiger partial charge is 0.508 e. The van der Waals surface area contributed by atoms with Crippen LogP contribution in [0.5, 0.6) is 5.75 Å². The van der Waals surface area contributed by atoms with E-state index >= 15 is 0 Å². The number of nitrogens with zero attached hydrogens (tertiary/aromatic N) is 2. The Balaban J connectivity index is 1.54. The zero-order valence-corrected chi connectivity index (χ0v) is 19.0. The molecule has 0 aromatic heterocycles. The molecule has 0 bridgehead atoms. The van der Waals surface area contributed by atoms with Crippen molar-refractivity contribution in [3.8, 4) is 5.75 Å². The van der Waals surface area contributed by atoms with Crippen molar-refractivity contribution in [1.82, 2.24) is 4.90 Å². The molecule has 1 aromatic carbocycles. The van der Waals surface area contributed by atoms with Crippen LogP contribution in [-0.4, -0.2) is 80.6 Å². The van der Waals surface area contributed by atoms with Crippen LogP contribution in [-0.2, 0) is 20.8 Å². The van der Waals surface area contributed by atoms with Gasteiger partial charge >= 0.3 is 0 Å². The predicted molar refractivity (Wildman–Crippen MR) is 124 cm³/mol. The lowest BCUT2D eigenvalue weighted by Gasteiger charge is -2.53. The summed E-state index contributed by atoms with van der Waals surface area (Å²) in [5.74, 6) is -6.12. The maximum absolute atomic E-state index is 13.9. The Labute approximate surface area is 200 Å². The number of fused-ring (bicyclic) bond motifs is 3. The Hall–Kier alpha value is -3.37. The van der Waals surface area contributed by atoms with Crippen LogP contribution < -0.4 is 10.6 Å². The number of anilines is 1. The third-order valence-corrected chi connectivity index (χ3v) is 8.50. The molecule has 0 radical (unpaired) electrons. The first-order chi connectivity index (χ1) is 16.7. The molecular formula is C25H27N3O7. The van der Waals surface area contributed by atoms with Gasteiger partial charge in [0.25, 0.3) is 5.91 Å². The van der Waals surface area contributed by atoms with Crippen LogP contribution in [0.1, 0.15) is 30.4 Å². The van der Waals surface area contributed by atoms with E-state index in [2.05, 4.69) is 4.90 Å². The molecule has 35 heavy (non-hydrogen) atoms. The molecular weight excluding hydrogens is 454 g/mol. The lowest BCUT2D eigenvalue weighted by molar-refractivity contribution is -0.157. The topological polar surface area (TPSA) is 165 Å². The van der Waals surface area contributed by atoms with Gasteiger partial charge in [-0.15, -0.1) is 0 Å². The number of ketones is 2. The normalized spacial score (nSPS) is 32.5. The summed E-state index contributed by atoms with van der Waals surface area (Å²) in [4.78, 5) is 43.2. The van der Waals surface area contributed by atoms with Gasteiger partial charge in [-0.25, -0.2) is 0 Å². The van der Waals surface area contributed by atoms with Gasteiger partial charge in [0.05, 0.1) is 11.6 Å². The Morgan fingerprint density at radius 2 is 1.74 bits per heavy atom. The Morgan fingerprint density at radius 3 is 2.31 bits per heavy atom. The maximum atomic E-state index is 13.9. The van der Waals surface area contributed by atoms with Crippen LogP contribution in [0.15, 0.2) is 29.0 Å². The van der Waals surface area contributed by atoms with E-state index in [9.17, 15) is 34.8 Å². The number of primary amides is 1. The van der Waals surface area contributed by atoms with Crippen LogP contribution in [0, 0.1) is 11.8 Å². The molecule has 3 aliphatic carbocycles. The summed E-state index contributed by atoms with van der Waals surface area (Å²) >= 11 is 0. The number of nitrogens with two attached hydrogens (primary N) is 1. The Morgan fingerprint density at radius 1 is 1.06 bits per heavy atom. The third kappa shape index (κ3) is 2.75. The van der Waals surface area contributed by atoms with Gasteiger partial charge in [-0.05, 0) is 49.3 Å². The Bertz CT molecular complexity index is 1260. The minimum absolute atomic E-state index is 0.112. The minimum Gasteiger partial charge on any atom is -0.508 e. The van der Waals surface area contributed by atoms with Gasteiger partial charge in [0.2, 0.25) is 5.78 Å². The van der Waals surface area contributed by atoms with Crippen molar-refractivity contribution in [3.05, 3.63) is 40.2 Å². The van der Waals surface area contributed by atoms with E-state index in [-0.39, 0.29) is 23.3 Å². The number of rotatable bonds is 3. The van der Waals surface area contributed by atoms with E-state index in [4.69, 9.17) is 5.73 Å². The highest BCUT2D eigenvalue weighted by molar-refractivity contribution is 6.24. The minimum atomic E-state index is -2.58. The fraction of sp³-hybridized carbons (Fsp3) is 0.480. The van der Waals surface area contributed by atoms with Crippen molar-refractivity contribution in [3.63, 3.8) is 0 Å². The second-order valence-electron chi connectivity index (χ2n) is 10.2. The molecule has 184 valence electrons. The summed E-state index contributed by atoms with van der Waals surface area (Å²) in [6, 6.07) is 2.28. The number of benzene rings is 1. The van der Waals surface area contributed by atoms with Crippen LogP contribution >= 0.6 is 0 Å². The SMILES string of the molecule is NC(=O)C1=C(O)[C@@]2(O)C(=O)C3=C(O)c4c(O)ccc(N5CCC5)c4C[C@H]3CC2[C@@H](N2CCC2)C1=O. The average molecular weight is 482 g/mol. The number of hydrogen-bond donors (Lipinski definition) is 5. The van der Waals surface area contributed by atoms with Crippen LogP contribution in [0.25, 0.3) is 5.76 Å². The molecule has 2 saturated heterocycles. The molecule has 2 aliphatic heterocycles. The highest BCUT2D eigenvalue weighted by Crippen LogP contribution is 2.54. The number of aliphatic hydroxyl groups is 3. The average Bonchev–Trinajstić information content (AvgIpc) is 2.72. The smallest absolute Gasteiger partial charge is 0.255 e. The number of likely N-dealkylation sites (tertiary alicyclic amines) is 1. The number of phenolic OH excluding ortho intramolecular Hbond substituents is 1. The summed E-state index contributed by atoms with van der Waals surface area (Å²) in [5.41, 5.74) is 3.65. The summed E-state index contributed by atoms with van der Waals surface area (Å²) in [7, 11) is 0. The predicted octanol–water partition coefficient (Wildman–Crippen LogP) is 0.318. The number of phenols is 1. The molecule has 10 heteroatoms. The lowest BCUT2D eigenvalue weighted by atomic mass is 9.57. The maximum Gasteiger partial charge on any atom is 0.255 e. The number of carbonyl (C=O) groups excluding carboxylic acids is 3. The van der Waals surface area contributed by atoms with Gasteiger partial charge in [0.15, 0.2) is 11.4 Å². The van der Waals surface area contributed by atoms with Gasteiger partial charge < -0.3 is 31.1 Å². The quantitative estimate of drug-likeness (QED) is 0.382. The highest BCUT2D eigenvalue weighted by Gasteiger charge is 2.65. The fourth-order valence-electron chi connectivity index (χ4n) is 6.53. The molecule has 0 spiro atoms. The zero-order valence-electron chi connectivity index (χ0n) is 19.0. The van der Waals surface area contributed by atoms with E-state index < -0.39 is 58.0 Å². The van der Waals surface area contributed by atoms with Crippen molar-refractivity contribution in [2.75, 3.05) is 31.1 Å². The van der Waals surface area contributed by atoms with E-state index in [0.717, 1.165) is 37.2 Å². The molecule has 2 heterocycles. The summed E-state index contributed by atoms with van der Waals surface area (Å²) in [6.45, 7) is 2.80. The second-order valence-corrected chi connectivity index (χ2v) is 10.2. The van der Waals surface area contributed by atoms with Gasteiger partial charge in [-0.3, -0.25) is 19.3 Å². The van der Waals surface area contributed by atoms with E-state index in [1.54, 1.807) is 11.0 Å². The van der Waals surface area contributed by atoms with E-state index in [1.807, 2.05) is 0 Å². The number of Topliss-reactive ketones (excluding diaryl/α,β-unsaturated/α-hetero) is 2. The molecule has 5 aliphatic rings. The van der Waals surface area contributed by atoms with Gasteiger partial charge in [-0.1, -0.05) is 0 Å². The summed E-state index contributed by atoms with van der Waals surface area (Å²) in [5, 5.41) is 44.5. The number of amides is 1. The lowest BCUT2D eigenvalue weighted by Crippen LogP contribution is -2.68. The summed E-state index contributed by atoms with van der Waals surface area (Å²) in [6.07, 6.45) is 2.30. The van der Waals surface area contributed by atoms with Crippen LogP contribution in [0.4, 0.5) is 5.69 Å². The molecule has 6 rings (SSSR count). The van der Waals surface area contributed by atoms with Crippen LogP contribution in [0.3, 0.4) is 0 Å². The Kier molecular flexibility index (Phi) is 4.62. The molecule has 10 nitrogen and oxygen atoms in total. The summed E-state index contributed by atoms with van der Waals surface area (Å²) < 4.78 is 0. The van der Waals surface area contributed by atoms with E-state index in [1.165, 1.54) is 6.07 Å². The molecule has 6 N–H and O–H groups in total. The second kappa shape index (κ2) is 7.32. The first-order valence-electron chi connectivity index (χ1n) is 12.0. The first kappa shape index (κ1) is 22.1. The first-order valence-corrected chi connectivity index (χ1v) is 12.0. The molecule has 1 saturated carbocycles. The van der Waals surface area contributed by atoms with Gasteiger partial charge in [-0.2, -0.15) is 0 Å². The molecule has 1 unspecified atom stereocenters. The van der Waals surface area contributed by atoms with Crippen molar-refractivity contribution in [2.24, 2.45) is 17.6 Å². The molecule has 3 fully saturated rings. The highest BCUT2D eigenvalue weighted by atomic mass is 16.3. The standard InChI is InChI=1S/C25H27N3O7/c26-24(34)18-21(31)19(28-7-2-8-28)13-10-11-9-12-14(27-5-1-6-27)3-4-15(29)17(12)20(30)16(11)22(32)25(13,35)23(18)33/h3-4,11,13,19,29-30,33,35H,1-2,5-10H2,(H2,26,34)/t11-,13?,19+,25-/m0/s1. The van der Waals surface area contributed by atoms with Crippen molar-refractivity contribution >= 4 is 28.9 Å². The number of hydrogen-bond acceptors (Lipinski definition) is 9. The molecule has 1 aromatic rings. The van der Waals surface area contributed by atoms with Gasteiger partial charge in [0.1, 0.15) is 22.8 Å². The third-order valence-electron chi connectivity index (χ3n) is 8.50. The fourth-order valence-corrected chi connectivity index (χ4v) is 6.53.